The number of benzene rings is 6. The molecule has 46 heavy (non-hydrogen) atoms. The summed E-state index contributed by atoms with van der Waals surface area (Å²) < 4.78 is 6.50. The minimum absolute atomic E-state index is 0.0480. The minimum Gasteiger partial charge on any atom is -0.456 e. The van der Waals surface area contributed by atoms with Gasteiger partial charge in [-0.25, -0.2) is 15.0 Å². The van der Waals surface area contributed by atoms with Crippen LogP contribution in [0.15, 0.2) is 144 Å². The molecule has 0 aliphatic heterocycles. The van der Waals surface area contributed by atoms with Crippen LogP contribution >= 0.6 is 0 Å². The van der Waals surface area contributed by atoms with Gasteiger partial charge in [0.2, 0.25) is 0 Å². The second-order valence-corrected chi connectivity index (χ2v) is 12.5. The van der Waals surface area contributed by atoms with Crippen molar-refractivity contribution in [3.05, 3.63) is 151 Å². The monoisotopic (exact) mass is 591 g/mol. The van der Waals surface area contributed by atoms with Crippen LogP contribution in [0.4, 0.5) is 0 Å². The SMILES string of the molecule is CC1(C)c2ccccc2-c2cc3oc4cc(-c5ccc(-c6nc(-c7ccccc7)nc(-c7ccccc7)n6)cc5)ccc4c3cc21. The van der Waals surface area contributed by atoms with Crippen molar-refractivity contribution in [1.29, 1.82) is 0 Å². The van der Waals surface area contributed by atoms with Crippen molar-refractivity contribution >= 4 is 21.9 Å². The molecule has 0 amide bonds. The van der Waals surface area contributed by atoms with Gasteiger partial charge in [0.1, 0.15) is 11.2 Å². The van der Waals surface area contributed by atoms with Gasteiger partial charge in [0, 0.05) is 32.9 Å². The Balaban J connectivity index is 1.09. The Kier molecular flexibility index (Phi) is 5.81. The molecule has 1 aliphatic carbocycles. The second kappa shape index (κ2) is 10.1. The lowest BCUT2D eigenvalue weighted by Crippen LogP contribution is -2.14. The standard InChI is InChI=1S/C42H29N3O/c1-42(2)35-16-10-9-15-31(35)33-25-38-34(24-36(33)42)32-22-21-30(23-37(32)46-38)26-17-19-29(20-18-26)41-44-39(27-11-5-3-6-12-27)43-40(45-41)28-13-7-4-8-14-28/h3-25H,1-2H3. The van der Waals surface area contributed by atoms with Crippen molar-refractivity contribution in [3.8, 4) is 56.4 Å². The molecule has 4 nitrogen and oxygen atoms in total. The van der Waals surface area contributed by atoms with Crippen LogP contribution in [-0.2, 0) is 5.41 Å². The number of rotatable bonds is 4. The van der Waals surface area contributed by atoms with Gasteiger partial charge in [-0.1, -0.05) is 129 Å². The average Bonchev–Trinajstić information content (AvgIpc) is 3.58. The molecule has 0 saturated carbocycles. The highest BCUT2D eigenvalue weighted by Gasteiger charge is 2.36. The third-order valence-corrected chi connectivity index (χ3v) is 9.35. The minimum atomic E-state index is -0.0480. The molecule has 0 atom stereocenters. The first-order valence-corrected chi connectivity index (χ1v) is 15.6. The van der Waals surface area contributed by atoms with Gasteiger partial charge in [-0.15, -0.1) is 0 Å². The summed E-state index contributed by atoms with van der Waals surface area (Å²) in [5, 5.41) is 2.30. The summed E-state index contributed by atoms with van der Waals surface area (Å²) in [5.41, 5.74) is 12.1. The Morgan fingerprint density at radius 3 is 1.59 bits per heavy atom. The maximum Gasteiger partial charge on any atom is 0.164 e. The third-order valence-electron chi connectivity index (χ3n) is 9.35. The van der Waals surface area contributed by atoms with E-state index in [1.165, 1.54) is 22.3 Å². The van der Waals surface area contributed by atoms with Crippen LogP contribution in [0.25, 0.3) is 78.4 Å². The molecule has 4 heteroatoms. The third kappa shape index (κ3) is 4.18. The zero-order valence-electron chi connectivity index (χ0n) is 25.5. The van der Waals surface area contributed by atoms with Gasteiger partial charge in [-0.05, 0) is 57.6 Å². The van der Waals surface area contributed by atoms with Gasteiger partial charge in [0.25, 0.3) is 0 Å². The normalized spacial score (nSPS) is 13.2. The number of hydrogen-bond donors (Lipinski definition) is 0. The van der Waals surface area contributed by atoms with E-state index in [1.807, 2.05) is 60.7 Å². The van der Waals surface area contributed by atoms with Gasteiger partial charge < -0.3 is 4.42 Å². The molecule has 218 valence electrons. The number of aromatic nitrogens is 3. The summed E-state index contributed by atoms with van der Waals surface area (Å²) in [7, 11) is 0. The van der Waals surface area contributed by atoms with Crippen molar-refractivity contribution in [2.24, 2.45) is 0 Å². The predicted molar refractivity (Wildman–Crippen MR) is 186 cm³/mol. The molecule has 9 rings (SSSR count). The number of fused-ring (bicyclic) bond motifs is 6. The fraction of sp³-hybridized carbons (Fsp3) is 0.0714. The Morgan fingerprint density at radius 2 is 0.935 bits per heavy atom. The second-order valence-electron chi connectivity index (χ2n) is 12.5. The molecular weight excluding hydrogens is 562 g/mol. The van der Waals surface area contributed by atoms with E-state index >= 15 is 0 Å². The molecule has 0 radical (unpaired) electrons. The first kappa shape index (κ1) is 26.5. The number of nitrogens with zero attached hydrogens (tertiary/aromatic N) is 3. The number of hydrogen-bond acceptors (Lipinski definition) is 4. The van der Waals surface area contributed by atoms with E-state index in [-0.39, 0.29) is 5.41 Å². The van der Waals surface area contributed by atoms with E-state index in [0.29, 0.717) is 17.5 Å². The van der Waals surface area contributed by atoms with E-state index in [4.69, 9.17) is 19.4 Å². The van der Waals surface area contributed by atoms with Crippen LogP contribution < -0.4 is 0 Å². The van der Waals surface area contributed by atoms with E-state index in [2.05, 4.69) is 92.7 Å². The first-order valence-electron chi connectivity index (χ1n) is 15.6. The van der Waals surface area contributed by atoms with Crippen LogP contribution in [0.3, 0.4) is 0 Å². The molecule has 0 N–H and O–H groups in total. The molecule has 0 bridgehead atoms. The summed E-state index contributed by atoms with van der Waals surface area (Å²) in [6.45, 7) is 4.63. The highest BCUT2D eigenvalue weighted by molar-refractivity contribution is 6.08. The first-order chi connectivity index (χ1) is 22.5. The van der Waals surface area contributed by atoms with Crippen molar-refractivity contribution in [2.75, 3.05) is 0 Å². The lowest BCUT2D eigenvalue weighted by Gasteiger charge is -2.21. The Hall–Kier alpha value is -5.87. The smallest absolute Gasteiger partial charge is 0.164 e. The molecular formula is C42H29N3O. The molecule has 2 heterocycles. The zero-order chi connectivity index (χ0) is 30.8. The lowest BCUT2D eigenvalue weighted by molar-refractivity contribution is 0.658. The maximum atomic E-state index is 6.50. The van der Waals surface area contributed by atoms with E-state index in [9.17, 15) is 0 Å². The summed E-state index contributed by atoms with van der Waals surface area (Å²) in [5.74, 6) is 1.95. The maximum absolute atomic E-state index is 6.50. The van der Waals surface area contributed by atoms with Crippen molar-refractivity contribution < 1.29 is 4.42 Å². The van der Waals surface area contributed by atoms with E-state index < -0.39 is 0 Å². The topological polar surface area (TPSA) is 51.8 Å². The fourth-order valence-electron chi connectivity index (χ4n) is 6.90. The fourth-order valence-corrected chi connectivity index (χ4v) is 6.90. The highest BCUT2D eigenvalue weighted by Crippen LogP contribution is 2.50. The quantitative estimate of drug-likeness (QED) is 0.204. The Bertz CT molecular complexity index is 2370. The van der Waals surface area contributed by atoms with Crippen LogP contribution in [0.5, 0.6) is 0 Å². The predicted octanol–water partition coefficient (Wildman–Crippen LogP) is 10.7. The van der Waals surface area contributed by atoms with Crippen LogP contribution in [-0.4, -0.2) is 15.0 Å². The zero-order valence-corrected chi connectivity index (χ0v) is 25.5. The lowest BCUT2D eigenvalue weighted by atomic mass is 9.82. The molecule has 1 aliphatic rings. The Labute approximate surface area is 267 Å². The van der Waals surface area contributed by atoms with Gasteiger partial charge >= 0.3 is 0 Å². The highest BCUT2D eigenvalue weighted by atomic mass is 16.3. The van der Waals surface area contributed by atoms with E-state index in [1.54, 1.807) is 0 Å². The van der Waals surface area contributed by atoms with Gasteiger partial charge in [-0.3, -0.25) is 0 Å². The summed E-state index contributed by atoms with van der Waals surface area (Å²) in [6, 6.07) is 48.3. The largest absolute Gasteiger partial charge is 0.456 e. The van der Waals surface area contributed by atoms with Crippen molar-refractivity contribution in [1.82, 2.24) is 15.0 Å². The van der Waals surface area contributed by atoms with Crippen LogP contribution in [0, 0.1) is 0 Å². The van der Waals surface area contributed by atoms with Crippen LogP contribution in [0.1, 0.15) is 25.0 Å². The van der Waals surface area contributed by atoms with E-state index in [0.717, 1.165) is 49.8 Å². The van der Waals surface area contributed by atoms with Gasteiger partial charge in [-0.2, -0.15) is 0 Å². The molecule has 6 aromatic carbocycles. The summed E-state index contributed by atoms with van der Waals surface area (Å²) >= 11 is 0. The molecule has 2 aromatic heterocycles. The molecule has 0 fully saturated rings. The van der Waals surface area contributed by atoms with Crippen molar-refractivity contribution in [2.45, 2.75) is 19.3 Å². The van der Waals surface area contributed by atoms with Crippen molar-refractivity contribution in [3.63, 3.8) is 0 Å². The molecule has 8 aromatic rings. The van der Waals surface area contributed by atoms with Gasteiger partial charge in [0.15, 0.2) is 17.5 Å². The van der Waals surface area contributed by atoms with Gasteiger partial charge in [0.05, 0.1) is 0 Å². The molecule has 0 unspecified atom stereocenters. The van der Waals surface area contributed by atoms with Crippen LogP contribution in [0.2, 0.25) is 0 Å². The Morgan fingerprint density at radius 1 is 0.413 bits per heavy atom. The molecule has 0 saturated heterocycles. The number of furan rings is 1. The average molecular weight is 592 g/mol. The molecule has 0 spiro atoms. The summed E-state index contributed by atoms with van der Waals surface area (Å²) in [4.78, 5) is 14.6. The summed E-state index contributed by atoms with van der Waals surface area (Å²) in [6.07, 6.45) is 0.